The second-order valence-electron chi connectivity index (χ2n) is 4.20. The quantitative estimate of drug-likeness (QED) is 0.683. The van der Waals surface area contributed by atoms with Crippen LogP contribution in [0.2, 0.25) is 0 Å². The molecule has 3 heteroatoms. The van der Waals surface area contributed by atoms with E-state index in [1.165, 1.54) is 0 Å². The minimum Gasteiger partial charge on any atom is -0.275 e. The van der Waals surface area contributed by atoms with Crippen molar-refractivity contribution in [2.24, 2.45) is 7.05 Å². The maximum atomic E-state index is 4.41. The summed E-state index contributed by atoms with van der Waals surface area (Å²) in [6.45, 7) is 0. The number of pyridine rings is 1. The summed E-state index contributed by atoms with van der Waals surface area (Å²) in [5.41, 5.74) is 4.36. The van der Waals surface area contributed by atoms with Gasteiger partial charge in [-0.1, -0.05) is 30.3 Å². The SMILES string of the molecule is Cn1cc(-c2ccnc(-c3ccccc3)c2)cn1. The first-order valence-electron chi connectivity index (χ1n) is 5.83. The predicted molar refractivity (Wildman–Crippen MR) is 71.9 cm³/mol. The van der Waals surface area contributed by atoms with Crippen LogP contribution in [0.4, 0.5) is 0 Å². The van der Waals surface area contributed by atoms with E-state index < -0.39 is 0 Å². The molecule has 3 aromatic rings. The number of aryl methyl sites for hydroxylation is 1. The van der Waals surface area contributed by atoms with E-state index in [2.05, 4.69) is 28.3 Å². The lowest BCUT2D eigenvalue weighted by atomic mass is 10.1. The summed E-state index contributed by atoms with van der Waals surface area (Å²) >= 11 is 0. The largest absolute Gasteiger partial charge is 0.275 e. The molecule has 0 bridgehead atoms. The van der Waals surface area contributed by atoms with Gasteiger partial charge in [-0.15, -0.1) is 0 Å². The van der Waals surface area contributed by atoms with Crippen molar-refractivity contribution in [3.63, 3.8) is 0 Å². The molecule has 0 radical (unpaired) electrons. The summed E-state index contributed by atoms with van der Waals surface area (Å²) in [6.07, 6.45) is 5.71. The average Bonchev–Trinajstić information content (AvgIpc) is 2.87. The summed E-state index contributed by atoms with van der Waals surface area (Å²) in [4.78, 5) is 4.41. The van der Waals surface area contributed by atoms with E-state index in [4.69, 9.17) is 0 Å². The zero-order valence-corrected chi connectivity index (χ0v) is 10.1. The van der Waals surface area contributed by atoms with Crippen LogP contribution < -0.4 is 0 Å². The van der Waals surface area contributed by atoms with Crippen molar-refractivity contribution in [3.8, 4) is 22.4 Å². The number of nitrogens with zero attached hydrogens (tertiary/aromatic N) is 3. The standard InChI is InChI=1S/C15H13N3/c1-18-11-14(10-17-18)13-7-8-16-15(9-13)12-5-3-2-4-6-12/h2-11H,1H3. The molecule has 0 saturated heterocycles. The third kappa shape index (κ3) is 2.02. The molecule has 0 unspecified atom stereocenters. The Morgan fingerprint density at radius 1 is 0.944 bits per heavy atom. The molecule has 0 aliphatic rings. The number of hydrogen-bond donors (Lipinski definition) is 0. The van der Waals surface area contributed by atoms with E-state index in [9.17, 15) is 0 Å². The van der Waals surface area contributed by atoms with Crippen LogP contribution in [0.5, 0.6) is 0 Å². The number of aromatic nitrogens is 3. The molecule has 88 valence electrons. The Hall–Kier alpha value is -2.42. The summed E-state index contributed by atoms with van der Waals surface area (Å²) in [5.74, 6) is 0. The van der Waals surface area contributed by atoms with Crippen LogP contribution in [0.1, 0.15) is 0 Å². The summed E-state index contributed by atoms with van der Waals surface area (Å²) < 4.78 is 1.80. The van der Waals surface area contributed by atoms with Crippen LogP contribution in [0.15, 0.2) is 61.1 Å². The number of benzene rings is 1. The van der Waals surface area contributed by atoms with Gasteiger partial charge >= 0.3 is 0 Å². The average molecular weight is 235 g/mol. The van der Waals surface area contributed by atoms with Crippen LogP contribution in [-0.4, -0.2) is 14.8 Å². The molecule has 0 saturated carbocycles. The van der Waals surface area contributed by atoms with Gasteiger partial charge in [-0.3, -0.25) is 9.67 Å². The Kier molecular flexibility index (Phi) is 2.65. The maximum Gasteiger partial charge on any atom is 0.0708 e. The Labute approximate surface area is 106 Å². The molecule has 0 N–H and O–H groups in total. The van der Waals surface area contributed by atoms with Crippen molar-refractivity contribution in [2.45, 2.75) is 0 Å². The molecule has 0 spiro atoms. The zero-order valence-electron chi connectivity index (χ0n) is 10.1. The van der Waals surface area contributed by atoms with Crippen molar-refractivity contribution in [1.29, 1.82) is 0 Å². The molecule has 0 amide bonds. The molecule has 1 aromatic carbocycles. The lowest BCUT2D eigenvalue weighted by Gasteiger charge is -2.02. The molecule has 2 heterocycles. The first-order chi connectivity index (χ1) is 8.83. The molecule has 3 rings (SSSR count). The van der Waals surface area contributed by atoms with Gasteiger partial charge in [0.25, 0.3) is 0 Å². The topological polar surface area (TPSA) is 30.7 Å². The molecule has 18 heavy (non-hydrogen) atoms. The minimum absolute atomic E-state index is 0.983. The van der Waals surface area contributed by atoms with Gasteiger partial charge in [0, 0.05) is 30.6 Å². The van der Waals surface area contributed by atoms with Crippen molar-refractivity contribution >= 4 is 0 Å². The Morgan fingerprint density at radius 3 is 2.50 bits per heavy atom. The van der Waals surface area contributed by atoms with E-state index in [0.717, 1.165) is 22.4 Å². The van der Waals surface area contributed by atoms with E-state index in [1.54, 1.807) is 4.68 Å². The molecule has 2 aromatic heterocycles. The highest BCUT2D eigenvalue weighted by atomic mass is 15.2. The van der Waals surface area contributed by atoms with Crippen molar-refractivity contribution in [3.05, 3.63) is 61.1 Å². The normalized spacial score (nSPS) is 10.5. The molecule has 0 atom stereocenters. The molecule has 0 fully saturated rings. The van der Waals surface area contributed by atoms with Gasteiger partial charge in [0.1, 0.15) is 0 Å². The zero-order chi connectivity index (χ0) is 12.4. The fourth-order valence-electron chi connectivity index (χ4n) is 1.95. The van der Waals surface area contributed by atoms with Crippen molar-refractivity contribution < 1.29 is 0 Å². The highest BCUT2D eigenvalue weighted by Crippen LogP contribution is 2.23. The molecule has 0 aliphatic carbocycles. The third-order valence-electron chi connectivity index (χ3n) is 2.87. The molecular formula is C15H13N3. The van der Waals surface area contributed by atoms with Gasteiger partial charge in [-0.2, -0.15) is 5.10 Å². The highest BCUT2D eigenvalue weighted by molar-refractivity contribution is 5.69. The second-order valence-corrected chi connectivity index (χ2v) is 4.20. The first-order valence-corrected chi connectivity index (χ1v) is 5.83. The van der Waals surface area contributed by atoms with Crippen LogP contribution in [-0.2, 0) is 7.05 Å². The monoisotopic (exact) mass is 235 g/mol. The van der Waals surface area contributed by atoms with E-state index >= 15 is 0 Å². The minimum atomic E-state index is 0.983. The Morgan fingerprint density at radius 2 is 1.78 bits per heavy atom. The molecule has 3 nitrogen and oxygen atoms in total. The van der Waals surface area contributed by atoms with Gasteiger partial charge in [0.2, 0.25) is 0 Å². The Bertz CT molecular complexity index is 656. The second kappa shape index (κ2) is 4.45. The lowest BCUT2D eigenvalue weighted by Crippen LogP contribution is -1.85. The number of hydrogen-bond acceptors (Lipinski definition) is 2. The lowest BCUT2D eigenvalue weighted by molar-refractivity contribution is 0.768. The third-order valence-corrected chi connectivity index (χ3v) is 2.87. The van der Waals surface area contributed by atoms with Crippen molar-refractivity contribution in [2.75, 3.05) is 0 Å². The van der Waals surface area contributed by atoms with E-state index in [1.807, 2.05) is 49.9 Å². The fraction of sp³-hybridized carbons (Fsp3) is 0.0667. The van der Waals surface area contributed by atoms with E-state index in [0.29, 0.717) is 0 Å². The van der Waals surface area contributed by atoms with Crippen LogP contribution >= 0.6 is 0 Å². The molecule has 0 aliphatic heterocycles. The van der Waals surface area contributed by atoms with Gasteiger partial charge in [-0.25, -0.2) is 0 Å². The van der Waals surface area contributed by atoms with Crippen LogP contribution in [0.25, 0.3) is 22.4 Å². The van der Waals surface area contributed by atoms with Gasteiger partial charge < -0.3 is 0 Å². The Balaban J connectivity index is 2.05. The van der Waals surface area contributed by atoms with Gasteiger partial charge in [-0.05, 0) is 17.7 Å². The number of rotatable bonds is 2. The summed E-state index contributed by atoms with van der Waals surface area (Å²) in [5, 5.41) is 4.19. The van der Waals surface area contributed by atoms with E-state index in [-0.39, 0.29) is 0 Å². The smallest absolute Gasteiger partial charge is 0.0708 e. The maximum absolute atomic E-state index is 4.41. The predicted octanol–water partition coefficient (Wildman–Crippen LogP) is 3.15. The molecular weight excluding hydrogens is 222 g/mol. The van der Waals surface area contributed by atoms with Crippen LogP contribution in [0, 0.1) is 0 Å². The summed E-state index contributed by atoms with van der Waals surface area (Å²) in [6, 6.07) is 14.3. The van der Waals surface area contributed by atoms with Crippen molar-refractivity contribution in [1.82, 2.24) is 14.8 Å². The van der Waals surface area contributed by atoms with Crippen LogP contribution in [0.3, 0.4) is 0 Å². The highest BCUT2D eigenvalue weighted by Gasteiger charge is 2.03. The van der Waals surface area contributed by atoms with Gasteiger partial charge in [0.05, 0.1) is 11.9 Å². The summed E-state index contributed by atoms with van der Waals surface area (Å²) in [7, 11) is 1.92. The fourth-order valence-corrected chi connectivity index (χ4v) is 1.95. The van der Waals surface area contributed by atoms with Gasteiger partial charge in [0.15, 0.2) is 0 Å². The first kappa shape index (κ1) is 10.7.